The van der Waals surface area contributed by atoms with Crippen LogP contribution in [0.25, 0.3) is 10.9 Å². The van der Waals surface area contributed by atoms with E-state index in [-0.39, 0.29) is 0 Å². The second-order valence-electron chi connectivity index (χ2n) is 3.15. The van der Waals surface area contributed by atoms with Crippen molar-refractivity contribution in [3.05, 3.63) is 36.0 Å². The molecule has 0 atom stereocenters. The number of fused-ring (bicyclic) bond motifs is 1. The van der Waals surface area contributed by atoms with Crippen LogP contribution in [0.1, 0.15) is 12.0 Å². The molecule has 1 nitrogen and oxygen atoms in total. The number of aryl methyl sites for hydroxylation is 1. The van der Waals surface area contributed by atoms with E-state index in [9.17, 15) is 0 Å². The maximum absolute atomic E-state index is 5.66. The lowest BCUT2D eigenvalue weighted by Gasteiger charge is -1.95. The van der Waals surface area contributed by atoms with Gasteiger partial charge in [0.25, 0.3) is 0 Å². The van der Waals surface area contributed by atoms with Gasteiger partial charge in [-0.3, -0.25) is 0 Å². The Morgan fingerprint density at radius 3 is 2.92 bits per heavy atom. The normalized spacial score (nSPS) is 10.8. The molecule has 0 fully saturated rings. The van der Waals surface area contributed by atoms with Crippen molar-refractivity contribution in [2.45, 2.75) is 12.8 Å². The lowest BCUT2D eigenvalue weighted by molar-refractivity contribution is 0.936. The van der Waals surface area contributed by atoms with Crippen molar-refractivity contribution < 1.29 is 0 Å². The van der Waals surface area contributed by atoms with Gasteiger partial charge in [0, 0.05) is 23.0 Å². The van der Waals surface area contributed by atoms with Crippen molar-refractivity contribution in [2.24, 2.45) is 0 Å². The molecular formula is C11H12ClN. The van der Waals surface area contributed by atoms with Crippen molar-refractivity contribution in [3.8, 4) is 0 Å². The van der Waals surface area contributed by atoms with Crippen LogP contribution < -0.4 is 0 Å². The first kappa shape index (κ1) is 8.64. The zero-order chi connectivity index (χ0) is 9.10. The number of aromatic nitrogens is 1. The molecule has 13 heavy (non-hydrogen) atoms. The summed E-state index contributed by atoms with van der Waals surface area (Å²) in [5.41, 5.74) is 2.59. The summed E-state index contributed by atoms with van der Waals surface area (Å²) >= 11 is 5.66. The van der Waals surface area contributed by atoms with Gasteiger partial charge in [-0.25, -0.2) is 0 Å². The lowest BCUT2D eigenvalue weighted by atomic mass is 10.1. The molecule has 0 aliphatic rings. The summed E-state index contributed by atoms with van der Waals surface area (Å²) in [5.74, 6) is 0.736. The van der Waals surface area contributed by atoms with Crippen LogP contribution in [-0.2, 0) is 6.42 Å². The summed E-state index contributed by atoms with van der Waals surface area (Å²) in [5, 5.41) is 1.33. The molecule has 0 saturated heterocycles. The molecule has 1 N–H and O–H groups in total. The van der Waals surface area contributed by atoms with Gasteiger partial charge in [0.05, 0.1) is 0 Å². The molecule has 0 bridgehead atoms. The molecule has 0 spiro atoms. The quantitative estimate of drug-likeness (QED) is 0.720. The molecule has 0 aliphatic heterocycles. The predicted octanol–water partition coefficient (Wildman–Crippen LogP) is 3.34. The number of H-pyrrole nitrogens is 1. The van der Waals surface area contributed by atoms with E-state index in [2.05, 4.69) is 29.4 Å². The highest BCUT2D eigenvalue weighted by Gasteiger charge is 2.00. The van der Waals surface area contributed by atoms with Gasteiger partial charge in [0.15, 0.2) is 0 Å². The van der Waals surface area contributed by atoms with Crippen molar-refractivity contribution >= 4 is 22.5 Å². The van der Waals surface area contributed by atoms with E-state index in [4.69, 9.17) is 11.6 Å². The fourth-order valence-electron chi connectivity index (χ4n) is 1.60. The number of hydrogen-bond donors (Lipinski definition) is 1. The Labute approximate surface area is 82.7 Å². The minimum atomic E-state index is 0.736. The fourth-order valence-corrected chi connectivity index (χ4v) is 1.73. The third kappa shape index (κ3) is 1.70. The first-order valence-electron chi connectivity index (χ1n) is 4.53. The van der Waals surface area contributed by atoms with Gasteiger partial charge in [-0.1, -0.05) is 18.2 Å². The van der Waals surface area contributed by atoms with Crippen molar-refractivity contribution in [3.63, 3.8) is 0 Å². The molecule has 1 heterocycles. The monoisotopic (exact) mass is 193 g/mol. The Morgan fingerprint density at radius 2 is 2.08 bits per heavy atom. The van der Waals surface area contributed by atoms with Crippen LogP contribution >= 0.6 is 11.6 Å². The number of nitrogens with one attached hydrogen (secondary N) is 1. The second kappa shape index (κ2) is 3.84. The van der Waals surface area contributed by atoms with Gasteiger partial charge in [-0.05, 0) is 24.5 Å². The Kier molecular flexibility index (Phi) is 2.55. The predicted molar refractivity (Wildman–Crippen MR) is 57.3 cm³/mol. The first-order chi connectivity index (χ1) is 6.42. The fraction of sp³-hybridized carbons (Fsp3) is 0.273. The SMILES string of the molecule is ClCCCc1c[nH]c2ccccc12. The van der Waals surface area contributed by atoms with E-state index in [1.54, 1.807) is 0 Å². The number of hydrogen-bond acceptors (Lipinski definition) is 0. The summed E-state index contributed by atoms with van der Waals surface area (Å²) in [6.45, 7) is 0. The van der Waals surface area contributed by atoms with E-state index >= 15 is 0 Å². The Hall–Kier alpha value is -0.950. The zero-order valence-electron chi connectivity index (χ0n) is 7.39. The maximum Gasteiger partial charge on any atom is 0.0456 e. The average Bonchev–Trinajstić information content (AvgIpc) is 2.58. The minimum absolute atomic E-state index is 0.736. The summed E-state index contributed by atoms with van der Waals surface area (Å²) in [6, 6.07) is 8.36. The summed E-state index contributed by atoms with van der Waals surface area (Å²) in [4.78, 5) is 3.25. The van der Waals surface area contributed by atoms with E-state index in [1.165, 1.54) is 16.5 Å². The summed E-state index contributed by atoms with van der Waals surface area (Å²) < 4.78 is 0. The van der Waals surface area contributed by atoms with Crippen molar-refractivity contribution in [2.75, 3.05) is 5.88 Å². The lowest BCUT2D eigenvalue weighted by Crippen LogP contribution is -1.83. The molecule has 2 rings (SSSR count). The van der Waals surface area contributed by atoms with E-state index < -0.39 is 0 Å². The van der Waals surface area contributed by atoms with E-state index in [0.717, 1.165) is 18.7 Å². The van der Waals surface area contributed by atoms with Gasteiger partial charge in [-0.2, -0.15) is 0 Å². The molecule has 0 aliphatic carbocycles. The topological polar surface area (TPSA) is 15.8 Å². The minimum Gasteiger partial charge on any atom is -0.361 e. The molecular weight excluding hydrogens is 182 g/mol. The van der Waals surface area contributed by atoms with Gasteiger partial charge >= 0.3 is 0 Å². The highest BCUT2D eigenvalue weighted by molar-refractivity contribution is 6.17. The number of rotatable bonds is 3. The van der Waals surface area contributed by atoms with Crippen LogP contribution in [0.2, 0.25) is 0 Å². The third-order valence-corrected chi connectivity index (χ3v) is 2.52. The first-order valence-corrected chi connectivity index (χ1v) is 5.06. The van der Waals surface area contributed by atoms with Gasteiger partial charge in [-0.15, -0.1) is 11.6 Å². The Bertz CT molecular complexity index is 392. The van der Waals surface area contributed by atoms with E-state index in [0.29, 0.717) is 0 Å². The molecule has 1 aromatic carbocycles. The molecule has 0 unspecified atom stereocenters. The van der Waals surface area contributed by atoms with Crippen LogP contribution in [0.4, 0.5) is 0 Å². The van der Waals surface area contributed by atoms with Crippen molar-refractivity contribution in [1.82, 2.24) is 4.98 Å². The maximum atomic E-state index is 5.66. The number of aromatic amines is 1. The summed E-state index contributed by atoms with van der Waals surface area (Å²) in [7, 11) is 0. The molecule has 0 radical (unpaired) electrons. The second-order valence-corrected chi connectivity index (χ2v) is 3.53. The highest BCUT2D eigenvalue weighted by Crippen LogP contribution is 2.18. The largest absolute Gasteiger partial charge is 0.361 e. The molecule has 1 aromatic heterocycles. The number of para-hydroxylation sites is 1. The van der Waals surface area contributed by atoms with Crippen molar-refractivity contribution in [1.29, 1.82) is 0 Å². The van der Waals surface area contributed by atoms with Crippen LogP contribution in [0.15, 0.2) is 30.5 Å². The molecule has 68 valence electrons. The Morgan fingerprint density at radius 1 is 1.23 bits per heavy atom. The van der Waals surface area contributed by atoms with Gasteiger partial charge < -0.3 is 4.98 Å². The van der Waals surface area contributed by atoms with Gasteiger partial charge in [0.1, 0.15) is 0 Å². The van der Waals surface area contributed by atoms with Crippen LogP contribution in [0.3, 0.4) is 0 Å². The standard InChI is InChI=1S/C11H12ClN/c12-7-3-4-9-8-13-11-6-2-1-5-10(9)11/h1-2,5-6,8,13H,3-4,7H2. The number of benzene rings is 1. The van der Waals surface area contributed by atoms with Crippen LogP contribution in [0, 0.1) is 0 Å². The molecule has 2 aromatic rings. The van der Waals surface area contributed by atoms with Crippen LogP contribution in [0.5, 0.6) is 0 Å². The van der Waals surface area contributed by atoms with E-state index in [1.807, 2.05) is 6.07 Å². The number of halogens is 1. The van der Waals surface area contributed by atoms with Crippen LogP contribution in [-0.4, -0.2) is 10.9 Å². The number of alkyl halides is 1. The molecule has 2 heteroatoms. The molecule has 0 amide bonds. The smallest absolute Gasteiger partial charge is 0.0456 e. The average molecular weight is 194 g/mol. The zero-order valence-corrected chi connectivity index (χ0v) is 8.14. The van der Waals surface area contributed by atoms with Gasteiger partial charge in [0.2, 0.25) is 0 Å². The third-order valence-electron chi connectivity index (χ3n) is 2.25. The molecule has 0 saturated carbocycles. The summed E-state index contributed by atoms with van der Waals surface area (Å²) in [6.07, 6.45) is 4.19. The Balaban J connectivity index is 2.35. The highest BCUT2D eigenvalue weighted by atomic mass is 35.5.